The number of benzene rings is 2. The van der Waals surface area contributed by atoms with E-state index >= 15 is 0 Å². The summed E-state index contributed by atoms with van der Waals surface area (Å²) in [6, 6.07) is 8.72. The first-order chi connectivity index (χ1) is 13.7. The number of Topliss-reactive ketones (excluding diaryl/α,β-unsaturated/α-hetero) is 1. The number of amides is 2. The third kappa shape index (κ3) is 5.87. The molecule has 0 aromatic heterocycles. The molecular weight excluding hydrogens is 392 g/mol. The third-order valence-electron chi connectivity index (χ3n) is 4.05. The van der Waals surface area contributed by atoms with E-state index in [1.165, 1.54) is 35.2 Å². The van der Waals surface area contributed by atoms with Crippen molar-refractivity contribution >= 4 is 23.3 Å². The molecule has 5 nitrogen and oxygen atoms in total. The Bertz CT molecular complexity index is 918. The van der Waals surface area contributed by atoms with E-state index < -0.39 is 36.3 Å². The minimum Gasteiger partial charge on any atom is -0.344 e. The number of nitrogens with one attached hydrogen (secondary N) is 1. The number of carbonyl (C=O) groups is 3. The average Bonchev–Trinajstić information content (AvgIpc) is 2.70. The molecular formula is C20H18F4N2O3. The Balaban J connectivity index is 2.18. The first kappa shape index (κ1) is 22.1. The van der Waals surface area contributed by atoms with E-state index in [9.17, 15) is 31.9 Å². The molecule has 0 atom stereocenters. The van der Waals surface area contributed by atoms with E-state index in [2.05, 4.69) is 0 Å². The first-order valence-electron chi connectivity index (χ1n) is 8.66. The van der Waals surface area contributed by atoms with Gasteiger partial charge in [0.1, 0.15) is 11.6 Å². The molecule has 2 amide bonds. The maximum Gasteiger partial charge on any atom is 0.315 e. The number of nitrogens with zero attached hydrogens (tertiary/aromatic N) is 1. The van der Waals surface area contributed by atoms with Crippen molar-refractivity contribution in [3.63, 3.8) is 0 Å². The number of hydrogen-bond donors (Lipinski definition) is 1. The standard InChI is InChI=1S/C20H18F4N2O3/c1-2-18(28)26(15-5-3-4-14(21)9-15)11-13-7-6-12(8-16(13)22)17(27)10-25-20(29)19(23)24/h3-9,19H,2,10-11H2,1H3,(H,25,29). The molecule has 2 aromatic carbocycles. The minimum atomic E-state index is -3.26. The maximum absolute atomic E-state index is 14.5. The summed E-state index contributed by atoms with van der Waals surface area (Å²) in [6.07, 6.45) is -3.15. The highest BCUT2D eigenvalue weighted by atomic mass is 19.3. The molecule has 0 saturated carbocycles. The first-order valence-corrected chi connectivity index (χ1v) is 8.66. The Morgan fingerprint density at radius 2 is 1.79 bits per heavy atom. The molecule has 0 bridgehead atoms. The summed E-state index contributed by atoms with van der Waals surface area (Å²) in [5.74, 6) is -4.06. The van der Waals surface area contributed by atoms with Crippen LogP contribution < -0.4 is 10.2 Å². The molecule has 0 unspecified atom stereocenters. The van der Waals surface area contributed by atoms with Gasteiger partial charge in [0, 0.05) is 23.2 Å². The largest absolute Gasteiger partial charge is 0.344 e. The van der Waals surface area contributed by atoms with Gasteiger partial charge < -0.3 is 10.2 Å². The molecule has 1 N–H and O–H groups in total. The van der Waals surface area contributed by atoms with E-state index in [-0.39, 0.29) is 35.7 Å². The monoisotopic (exact) mass is 410 g/mol. The minimum absolute atomic E-state index is 0.0734. The van der Waals surface area contributed by atoms with Gasteiger partial charge in [0.05, 0.1) is 13.1 Å². The van der Waals surface area contributed by atoms with Crippen molar-refractivity contribution < 1.29 is 31.9 Å². The van der Waals surface area contributed by atoms with Crippen LogP contribution >= 0.6 is 0 Å². The second-order valence-corrected chi connectivity index (χ2v) is 6.06. The highest BCUT2D eigenvalue weighted by molar-refractivity contribution is 5.99. The van der Waals surface area contributed by atoms with Gasteiger partial charge in [-0.1, -0.05) is 25.1 Å². The van der Waals surface area contributed by atoms with Crippen molar-refractivity contribution in [2.45, 2.75) is 26.3 Å². The van der Waals surface area contributed by atoms with E-state index in [1.54, 1.807) is 12.2 Å². The number of carbonyl (C=O) groups excluding carboxylic acids is 3. The second kappa shape index (κ2) is 9.81. The number of ketones is 1. The Labute approximate surface area is 164 Å². The van der Waals surface area contributed by atoms with Crippen LogP contribution in [0.1, 0.15) is 29.3 Å². The number of alkyl halides is 2. The van der Waals surface area contributed by atoms with Gasteiger partial charge in [0.15, 0.2) is 5.78 Å². The van der Waals surface area contributed by atoms with Crippen LogP contribution in [0.4, 0.5) is 23.2 Å². The fourth-order valence-corrected chi connectivity index (χ4v) is 2.52. The van der Waals surface area contributed by atoms with Crippen LogP contribution in [-0.4, -0.2) is 30.6 Å². The summed E-state index contributed by atoms with van der Waals surface area (Å²) < 4.78 is 52.3. The lowest BCUT2D eigenvalue weighted by Crippen LogP contribution is -2.34. The van der Waals surface area contributed by atoms with E-state index in [4.69, 9.17) is 0 Å². The van der Waals surface area contributed by atoms with Crippen LogP contribution in [0.2, 0.25) is 0 Å². The van der Waals surface area contributed by atoms with Gasteiger partial charge in [-0.15, -0.1) is 0 Å². The van der Waals surface area contributed by atoms with Crippen molar-refractivity contribution in [1.82, 2.24) is 5.32 Å². The van der Waals surface area contributed by atoms with Gasteiger partial charge in [-0.2, -0.15) is 8.78 Å². The van der Waals surface area contributed by atoms with Crippen LogP contribution in [0.15, 0.2) is 42.5 Å². The predicted octanol–water partition coefficient (Wildman–Crippen LogP) is 3.47. The topological polar surface area (TPSA) is 66.5 Å². The predicted molar refractivity (Wildman–Crippen MR) is 97.6 cm³/mol. The number of hydrogen-bond acceptors (Lipinski definition) is 3. The molecule has 154 valence electrons. The molecule has 9 heteroatoms. The van der Waals surface area contributed by atoms with Crippen LogP contribution in [0.25, 0.3) is 0 Å². The molecule has 2 aromatic rings. The summed E-state index contributed by atoms with van der Waals surface area (Å²) in [5, 5.41) is 1.75. The van der Waals surface area contributed by atoms with Crippen molar-refractivity contribution in [3.8, 4) is 0 Å². The third-order valence-corrected chi connectivity index (χ3v) is 4.05. The van der Waals surface area contributed by atoms with Crippen LogP contribution in [-0.2, 0) is 16.1 Å². The van der Waals surface area contributed by atoms with Gasteiger partial charge in [-0.25, -0.2) is 8.78 Å². The van der Waals surface area contributed by atoms with Crippen LogP contribution in [0, 0.1) is 11.6 Å². The summed E-state index contributed by atoms with van der Waals surface area (Å²) >= 11 is 0. The number of halogens is 4. The van der Waals surface area contributed by atoms with Gasteiger partial charge >= 0.3 is 6.43 Å². The van der Waals surface area contributed by atoms with Gasteiger partial charge in [-0.3, -0.25) is 14.4 Å². The van der Waals surface area contributed by atoms with Crippen molar-refractivity contribution in [3.05, 3.63) is 65.2 Å². The summed E-state index contributed by atoms with van der Waals surface area (Å²) in [4.78, 5) is 36.2. The molecule has 0 aliphatic carbocycles. The number of anilines is 1. The normalized spacial score (nSPS) is 10.7. The summed E-state index contributed by atoms with van der Waals surface area (Å²) in [6.45, 7) is 0.713. The highest BCUT2D eigenvalue weighted by Crippen LogP contribution is 2.21. The SMILES string of the molecule is CCC(=O)N(Cc1ccc(C(=O)CNC(=O)C(F)F)cc1F)c1cccc(F)c1. The molecule has 0 heterocycles. The molecule has 0 spiro atoms. The zero-order valence-electron chi connectivity index (χ0n) is 15.4. The Hall–Kier alpha value is -3.23. The quantitative estimate of drug-likeness (QED) is 0.535. The zero-order chi connectivity index (χ0) is 21.6. The summed E-state index contributed by atoms with van der Waals surface area (Å²) in [7, 11) is 0. The lowest BCUT2D eigenvalue weighted by molar-refractivity contribution is -0.131. The molecule has 0 aliphatic rings. The van der Waals surface area contributed by atoms with Gasteiger partial charge in [-0.05, 0) is 24.3 Å². The highest BCUT2D eigenvalue weighted by Gasteiger charge is 2.19. The summed E-state index contributed by atoms with van der Waals surface area (Å²) in [5.41, 5.74) is 0.204. The Morgan fingerprint density at radius 1 is 1.07 bits per heavy atom. The lowest BCUT2D eigenvalue weighted by atomic mass is 10.1. The molecule has 0 radical (unpaired) electrons. The van der Waals surface area contributed by atoms with Crippen LogP contribution in [0.5, 0.6) is 0 Å². The fourth-order valence-electron chi connectivity index (χ4n) is 2.52. The molecule has 0 fully saturated rings. The lowest BCUT2D eigenvalue weighted by Gasteiger charge is -2.23. The number of rotatable bonds is 8. The van der Waals surface area contributed by atoms with Gasteiger partial charge in [0.25, 0.3) is 5.91 Å². The molecule has 2 rings (SSSR count). The van der Waals surface area contributed by atoms with Gasteiger partial charge in [0.2, 0.25) is 5.91 Å². The molecule has 0 aliphatic heterocycles. The van der Waals surface area contributed by atoms with E-state index in [1.807, 2.05) is 0 Å². The maximum atomic E-state index is 14.5. The molecule has 29 heavy (non-hydrogen) atoms. The van der Waals surface area contributed by atoms with E-state index in [0.29, 0.717) is 0 Å². The van der Waals surface area contributed by atoms with Crippen LogP contribution in [0.3, 0.4) is 0 Å². The fraction of sp³-hybridized carbons (Fsp3) is 0.250. The van der Waals surface area contributed by atoms with Crippen molar-refractivity contribution in [1.29, 1.82) is 0 Å². The van der Waals surface area contributed by atoms with Crippen molar-refractivity contribution in [2.75, 3.05) is 11.4 Å². The zero-order valence-corrected chi connectivity index (χ0v) is 15.4. The van der Waals surface area contributed by atoms with Crippen molar-refractivity contribution in [2.24, 2.45) is 0 Å². The second-order valence-electron chi connectivity index (χ2n) is 6.06. The smallest absolute Gasteiger partial charge is 0.315 e. The average molecular weight is 410 g/mol. The Morgan fingerprint density at radius 3 is 2.38 bits per heavy atom. The Kier molecular flexibility index (Phi) is 7.46. The molecule has 0 saturated heterocycles. The van der Waals surface area contributed by atoms with E-state index in [0.717, 1.165) is 12.1 Å².